The van der Waals surface area contributed by atoms with E-state index in [9.17, 15) is 14.7 Å². The van der Waals surface area contributed by atoms with Gasteiger partial charge in [-0.2, -0.15) is 0 Å². The van der Waals surface area contributed by atoms with E-state index in [1.807, 2.05) is 42.5 Å². The third-order valence-electron chi connectivity index (χ3n) is 4.52. The zero-order valence-electron chi connectivity index (χ0n) is 15.4. The highest BCUT2D eigenvalue weighted by Gasteiger charge is 2.40. The lowest BCUT2D eigenvalue weighted by atomic mass is 10.0. The first-order valence-corrected chi connectivity index (χ1v) is 8.67. The van der Waals surface area contributed by atoms with Gasteiger partial charge in [-0.15, -0.1) is 0 Å². The number of amides is 2. The average molecular weight is 366 g/mol. The van der Waals surface area contributed by atoms with Crippen LogP contribution in [0, 0.1) is 0 Å². The quantitative estimate of drug-likeness (QED) is 0.758. The van der Waals surface area contributed by atoms with Crippen molar-refractivity contribution in [1.82, 2.24) is 9.80 Å². The van der Waals surface area contributed by atoms with Gasteiger partial charge in [0.05, 0.1) is 25.8 Å². The lowest BCUT2D eigenvalue weighted by Crippen LogP contribution is -2.34. The lowest BCUT2D eigenvalue weighted by Gasteiger charge is -2.20. The van der Waals surface area contributed by atoms with E-state index in [1.165, 1.54) is 4.90 Å². The molecule has 1 heterocycles. The third kappa shape index (κ3) is 3.71. The fourth-order valence-corrected chi connectivity index (χ4v) is 3.10. The number of methoxy groups -OCH3 is 1. The molecule has 0 atom stereocenters. The van der Waals surface area contributed by atoms with Gasteiger partial charge >= 0.3 is 0 Å². The molecule has 0 aliphatic carbocycles. The summed E-state index contributed by atoms with van der Waals surface area (Å²) in [6.45, 7) is 0.331. The molecule has 2 aromatic rings. The zero-order chi connectivity index (χ0) is 19.4. The van der Waals surface area contributed by atoms with Gasteiger partial charge in [0.2, 0.25) is 0 Å². The predicted molar refractivity (Wildman–Crippen MR) is 102 cm³/mol. The van der Waals surface area contributed by atoms with Crippen LogP contribution in [0.5, 0.6) is 5.75 Å². The van der Waals surface area contributed by atoms with Crippen molar-refractivity contribution in [2.24, 2.45) is 0 Å². The van der Waals surface area contributed by atoms with Crippen LogP contribution in [0.25, 0.3) is 5.57 Å². The van der Waals surface area contributed by atoms with Gasteiger partial charge in [-0.25, -0.2) is 0 Å². The normalized spacial score (nSPS) is 14.1. The highest BCUT2D eigenvalue weighted by Crippen LogP contribution is 2.32. The molecule has 3 rings (SSSR count). The number of ether oxygens (including phenoxy) is 1. The Bertz CT molecular complexity index is 860. The summed E-state index contributed by atoms with van der Waals surface area (Å²) in [6.07, 6.45) is 0. The Hall–Kier alpha value is -3.12. The highest BCUT2D eigenvalue weighted by atomic mass is 16.5. The minimum Gasteiger partial charge on any atom is -0.497 e. The van der Waals surface area contributed by atoms with Gasteiger partial charge in [0.15, 0.2) is 0 Å². The first kappa shape index (κ1) is 18.7. The fourth-order valence-electron chi connectivity index (χ4n) is 3.10. The number of hydrogen-bond donors (Lipinski definition) is 1. The number of hydrogen-bond acceptors (Lipinski definition) is 5. The molecule has 6 heteroatoms. The number of rotatable bonds is 7. The van der Waals surface area contributed by atoms with E-state index in [4.69, 9.17) is 4.74 Å². The molecule has 0 bridgehead atoms. The van der Waals surface area contributed by atoms with Crippen LogP contribution in [0.1, 0.15) is 11.1 Å². The molecule has 140 valence electrons. The first-order chi connectivity index (χ1) is 13.1. The van der Waals surface area contributed by atoms with E-state index in [2.05, 4.69) is 0 Å². The smallest absolute Gasteiger partial charge is 0.278 e. The Balaban J connectivity index is 1.95. The third-order valence-corrected chi connectivity index (χ3v) is 4.52. The maximum atomic E-state index is 13.1. The van der Waals surface area contributed by atoms with Gasteiger partial charge in [0, 0.05) is 13.6 Å². The largest absolute Gasteiger partial charge is 0.497 e. The van der Waals surface area contributed by atoms with Gasteiger partial charge in [0.1, 0.15) is 11.4 Å². The second-order valence-electron chi connectivity index (χ2n) is 6.28. The molecule has 0 aromatic heterocycles. The number of nitrogens with zero attached hydrogens (tertiary/aromatic N) is 2. The molecule has 2 aromatic carbocycles. The van der Waals surface area contributed by atoms with Crippen molar-refractivity contribution in [2.45, 2.75) is 6.54 Å². The van der Waals surface area contributed by atoms with Crippen molar-refractivity contribution < 1.29 is 19.4 Å². The summed E-state index contributed by atoms with van der Waals surface area (Å²) >= 11 is 0. The second kappa shape index (κ2) is 8.05. The second-order valence-corrected chi connectivity index (χ2v) is 6.28. The molecule has 0 fully saturated rings. The standard InChI is InChI=1S/C21H22N2O4/c1-22(12-13-24)19-18(16-6-4-3-5-7-16)20(25)23(21(19)26)14-15-8-10-17(27-2)11-9-15/h3-11,24H,12-14H2,1-2H3. The van der Waals surface area contributed by atoms with Crippen LogP contribution in [0.15, 0.2) is 60.3 Å². The SMILES string of the molecule is COc1ccc(CN2C(=O)C(c3ccccc3)=C(N(C)CCO)C2=O)cc1. The van der Waals surface area contributed by atoms with E-state index in [-0.39, 0.29) is 31.5 Å². The molecule has 0 saturated heterocycles. The summed E-state index contributed by atoms with van der Waals surface area (Å²) in [5, 5.41) is 9.27. The van der Waals surface area contributed by atoms with Crippen LogP contribution in [-0.2, 0) is 16.1 Å². The minimum atomic E-state index is -0.356. The average Bonchev–Trinajstić information content (AvgIpc) is 2.94. The Morgan fingerprint density at radius 1 is 1.00 bits per heavy atom. The predicted octanol–water partition coefficient (Wildman–Crippen LogP) is 1.90. The summed E-state index contributed by atoms with van der Waals surface area (Å²) in [7, 11) is 3.29. The molecule has 1 N–H and O–H groups in total. The molecular weight excluding hydrogens is 344 g/mol. The minimum absolute atomic E-state index is 0.109. The van der Waals surface area contributed by atoms with Crippen molar-refractivity contribution in [2.75, 3.05) is 27.3 Å². The lowest BCUT2D eigenvalue weighted by molar-refractivity contribution is -0.138. The summed E-state index contributed by atoms with van der Waals surface area (Å²) in [5.74, 6) is 0.0247. The van der Waals surface area contributed by atoms with Crippen molar-refractivity contribution in [3.05, 3.63) is 71.4 Å². The molecule has 0 unspecified atom stereocenters. The number of likely N-dealkylation sites (N-methyl/N-ethyl adjacent to an activating group) is 1. The summed E-state index contributed by atoms with van der Waals surface area (Å²) < 4.78 is 5.15. The summed E-state index contributed by atoms with van der Waals surface area (Å²) in [6, 6.07) is 16.4. The van der Waals surface area contributed by atoms with Crippen molar-refractivity contribution in [3.63, 3.8) is 0 Å². The van der Waals surface area contributed by atoms with Gasteiger partial charge in [-0.3, -0.25) is 14.5 Å². The molecular formula is C21H22N2O4. The molecule has 1 aliphatic rings. The van der Waals surface area contributed by atoms with E-state index in [1.54, 1.807) is 31.2 Å². The molecule has 2 amide bonds. The number of carbonyl (C=O) groups excluding carboxylic acids is 2. The first-order valence-electron chi connectivity index (χ1n) is 8.67. The monoisotopic (exact) mass is 366 g/mol. The molecule has 6 nitrogen and oxygen atoms in total. The van der Waals surface area contributed by atoms with Gasteiger partial charge in [0.25, 0.3) is 11.8 Å². The van der Waals surface area contributed by atoms with Crippen LogP contribution in [0.3, 0.4) is 0 Å². The molecule has 27 heavy (non-hydrogen) atoms. The zero-order valence-corrected chi connectivity index (χ0v) is 15.4. The maximum absolute atomic E-state index is 13.1. The van der Waals surface area contributed by atoms with Gasteiger partial charge in [-0.05, 0) is 23.3 Å². The van der Waals surface area contributed by atoms with Crippen molar-refractivity contribution in [3.8, 4) is 5.75 Å². The topological polar surface area (TPSA) is 70.1 Å². The van der Waals surface area contributed by atoms with Crippen LogP contribution in [0.2, 0.25) is 0 Å². The van der Waals surface area contributed by atoms with Crippen molar-refractivity contribution >= 4 is 17.4 Å². The molecule has 1 aliphatic heterocycles. The van der Waals surface area contributed by atoms with Gasteiger partial charge < -0.3 is 14.7 Å². The molecule has 0 spiro atoms. The number of aliphatic hydroxyl groups is 1. The van der Waals surface area contributed by atoms with E-state index in [0.717, 1.165) is 5.56 Å². The van der Waals surface area contributed by atoms with E-state index in [0.29, 0.717) is 22.6 Å². The number of carbonyl (C=O) groups is 2. The summed E-state index contributed by atoms with van der Waals surface area (Å²) in [5.41, 5.74) is 2.20. The number of imide groups is 1. The number of benzene rings is 2. The Kier molecular flexibility index (Phi) is 5.57. The van der Waals surface area contributed by atoms with E-state index < -0.39 is 0 Å². The van der Waals surface area contributed by atoms with Crippen LogP contribution in [-0.4, -0.2) is 54.0 Å². The van der Waals surface area contributed by atoms with Crippen molar-refractivity contribution in [1.29, 1.82) is 0 Å². The molecule has 0 saturated carbocycles. The Morgan fingerprint density at radius 2 is 1.67 bits per heavy atom. The Labute approximate surface area is 158 Å². The van der Waals surface area contributed by atoms with Gasteiger partial charge in [-0.1, -0.05) is 42.5 Å². The van der Waals surface area contributed by atoms with Crippen LogP contribution < -0.4 is 4.74 Å². The van der Waals surface area contributed by atoms with Crippen LogP contribution in [0.4, 0.5) is 0 Å². The number of aliphatic hydroxyl groups excluding tert-OH is 1. The highest BCUT2D eigenvalue weighted by molar-refractivity contribution is 6.35. The summed E-state index contributed by atoms with van der Waals surface area (Å²) in [4.78, 5) is 29.0. The molecule has 0 radical (unpaired) electrons. The van der Waals surface area contributed by atoms with E-state index >= 15 is 0 Å². The Morgan fingerprint density at radius 3 is 2.26 bits per heavy atom. The fraction of sp³-hybridized carbons (Fsp3) is 0.238. The van der Waals surface area contributed by atoms with Crippen LogP contribution >= 0.6 is 0 Å². The maximum Gasteiger partial charge on any atom is 0.278 e.